The normalized spacial score (nSPS) is 18.6. The average Bonchev–Trinajstić information content (AvgIpc) is 3.12. The number of nitrogens with one attached hydrogen (secondary N) is 1. The smallest absolute Gasteiger partial charge is 0.331 e. The van der Waals surface area contributed by atoms with Gasteiger partial charge in [-0.2, -0.15) is 0 Å². The number of carboxylic acid groups (broad SMARTS) is 2. The maximum atomic E-state index is 10.8. The summed E-state index contributed by atoms with van der Waals surface area (Å²) in [6, 6.07) is 0. The van der Waals surface area contributed by atoms with Crippen LogP contribution in [0, 0.1) is 5.41 Å². The number of hydrogen-bond acceptors (Lipinski definition) is 3. The second-order valence-corrected chi connectivity index (χ2v) is 6.81. The van der Waals surface area contributed by atoms with Gasteiger partial charge in [-0.1, -0.05) is 57.3 Å². The highest BCUT2D eigenvalue weighted by Crippen LogP contribution is 2.31. The van der Waals surface area contributed by atoms with Crippen LogP contribution in [0.3, 0.4) is 0 Å². The van der Waals surface area contributed by atoms with Gasteiger partial charge in [0.05, 0.1) is 5.41 Å². The summed E-state index contributed by atoms with van der Waals surface area (Å²) in [6.45, 7) is 3.75. The van der Waals surface area contributed by atoms with Gasteiger partial charge >= 0.3 is 11.9 Å². The van der Waals surface area contributed by atoms with E-state index in [9.17, 15) is 9.59 Å². The molecule has 1 aliphatic rings. The Morgan fingerprint density at radius 2 is 1.88 bits per heavy atom. The predicted octanol–water partition coefficient (Wildman–Crippen LogP) is 4.36. The highest BCUT2D eigenvalue weighted by molar-refractivity contribution is 5.90. The topological polar surface area (TPSA) is 103 Å². The molecular formula is C20H30N2O4. The van der Waals surface area contributed by atoms with Crippen molar-refractivity contribution >= 4 is 11.9 Å². The van der Waals surface area contributed by atoms with Gasteiger partial charge in [-0.3, -0.25) is 4.79 Å². The van der Waals surface area contributed by atoms with Crippen LogP contribution in [-0.4, -0.2) is 32.1 Å². The lowest BCUT2D eigenvalue weighted by molar-refractivity contribution is -0.145. The Labute approximate surface area is 155 Å². The van der Waals surface area contributed by atoms with Crippen LogP contribution in [0.5, 0.6) is 0 Å². The largest absolute Gasteiger partial charge is 0.481 e. The molecule has 2 rings (SSSR count). The second-order valence-electron chi connectivity index (χ2n) is 6.81. The SMILES string of the molecule is CC1(C(=O)O)C=CC=C(C(=O)O)C1.CCCCCCCCc1ncc[nH]1. The van der Waals surface area contributed by atoms with Crippen LogP contribution in [0.2, 0.25) is 0 Å². The number of aromatic nitrogens is 2. The molecule has 1 aliphatic carbocycles. The van der Waals surface area contributed by atoms with Crippen molar-refractivity contribution < 1.29 is 19.8 Å². The lowest BCUT2D eigenvalue weighted by Crippen LogP contribution is -2.28. The summed E-state index contributed by atoms with van der Waals surface area (Å²) in [6.07, 6.45) is 17.4. The number of aliphatic carboxylic acids is 2. The van der Waals surface area contributed by atoms with E-state index in [1.807, 2.05) is 12.4 Å². The standard InChI is InChI=1S/C11H20N2.C9H10O4/c1-2-3-4-5-6-7-8-11-12-9-10-13-11;1-9(8(12)13)4-2-3-6(5-9)7(10)11/h9-10H,2-8H2,1H3,(H,12,13);2-4H,5H2,1H3,(H,10,11)(H,12,13). The number of carboxylic acids is 2. The zero-order valence-electron chi connectivity index (χ0n) is 15.7. The van der Waals surface area contributed by atoms with Gasteiger partial charge in [0.15, 0.2) is 0 Å². The molecule has 0 aromatic carbocycles. The summed E-state index contributed by atoms with van der Waals surface area (Å²) in [5.74, 6) is -0.928. The molecule has 0 fully saturated rings. The van der Waals surface area contributed by atoms with Gasteiger partial charge in [0.25, 0.3) is 0 Å². The first-order chi connectivity index (χ1) is 12.4. The molecule has 1 heterocycles. The summed E-state index contributed by atoms with van der Waals surface area (Å²) in [5, 5.41) is 17.5. The summed E-state index contributed by atoms with van der Waals surface area (Å²) < 4.78 is 0. The number of carbonyl (C=O) groups is 2. The van der Waals surface area contributed by atoms with Crippen LogP contribution < -0.4 is 0 Å². The molecule has 26 heavy (non-hydrogen) atoms. The van der Waals surface area contributed by atoms with Gasteiger partial charge < -0.3 is 15.2 Å². The van der Waals surface area contributed by atoms with Crippen molar-refractivity contribution in [2.24, 2.45) is 5.41 Å². The molecule has 0 radical (unpaired) electrons. The Bertz CT molecular complexity index is 620. The highest BCUT2D eigenvalue weighted by atomic mass is 16.4. The Kier molecular flexibility index (Phi) is 9.41. The van der Waals surface area contributed by atoms with Crippen LogP contribution in [0.1, 0.15) is 64.6 Å². The van der Waals surface area contributed by atoms with Crippen LogP contribution in [-0.2, 0) is 16.0 Å². The average molecular weight is 362 g/mol. The first-order valence-corrected chi connectivity index (χ1v) is 9.22. The van der Waals surface area contributed by atoms with Gasteiger partial charge in [0.2, 0.25) is 0 Å². The zero-order chi connectivity index (χ0) is 19.4. The highest BCUT2D eigenvalue weighted by Gasteiger charge is 2.34. The molecule has 3 N–H and O–H groups in total. The maximum Gasteiger partial charge on any atom is 0.331 e. The molecule has 0 amide bonds. The Morgan fingerprint density at radius 1 is 1.19 bits per heavy atom. The minimum Gasteiger partial charge on any atom is -0.481 e. The lowest BCUT2D eigenvalue weighted by atomic mass is 9.80. The van der Waals surface area contributed by atoms with Crippen molar-refractivity contribution in [3.63, 3.8) is 0 Å². The van der Waals surface area contributed by atoms with E-state index in [-0.39, 0.29) is 12.0 Å². The van der Waals surface area contributed by atoms with Gasteiger partial charge in [-0.25, -0.2) is 9.78 Å². The van der Waals surface area contributed by atoms with Gasteiger partial charge in [0.1, 0.15) is 5.82 Å². The third kappa shape index (κ3) is 7.68. The fraction of sp³-hybridized carbons (Fsp3) is 0.550. The predicted molar refractivity (Wildman–Crippen MR) is 101 cm³/mol. The molecule has 6 heteroatoms. The van der Waals surface area contributed by atoms with Crippen LogP contribution in [0.25, 0.3) is 0 Å². The van der Waals surface area contributed by atoms with Crippen molar-refractivity contribution in [1.29, 1.82) is 0 Å². The van der Waals surface area contributed by atoms with E-state index in [1.165, 1.54) is 63.7 Å². The summed E-state index contributed by atoms with van der Waals surface area (Å²) in [7, 11) is 0. The third-order valence-corrected chi connectivity index (χ3v) is 4.40. The van der Waals surface area contributed by atoms with Crippen LogP contribution >= 0.6 is 0 Å². The second kappa shape index (κ2) is 11.3. The molecule has 1 aromatic heterocycles. The van der Waals surface area contributed by atoms with E-state index < -0.39 is 17.4 Å². The fourth-order valence-corrected chi connectivity index (χ4v) is 2.69. The van der Waals surface area contributed by atoms with E-state index in [2.05, 4.69) is 16.9 Å². The Morgan fingerprint density at radius 3 is 2.46 bits per heavy atom. The number of aryl methyl sites for hydroxylation is 1. The molecule has 6 nitrogen and oxygen atoms in total. The van der Waals surface area contributed by atoms with E-state index >= 15 is 0 Å². The number of hydrogen-bond donors (Lipinski definition) is 3. The monoisotopic (exact) mass is 362 g/mol. The van der Waals surface area contributed by atoms with Crippen molar-refractivity contribution in [2.75, 3.05) is 0 Å². The number of unbranched alkanes of at least 4 members (excludes halogenated alkanes) is 5. The molecule has 0 bridgehead atoms. The van der Waals surface area contributed by atoms with Gasteiger partial charge in [0, 0.05) is 24.4 Å². The Hall–Kier alpha value is -2.37. The third-order valence-electron chi connectivity index (χ3n) is 4.40. The van der Waals surface area contributed by atoms with Crippen molar-refractivity contribution in [1.82, 2.24) is 9.97 Å². The minimum absolute atomic E-state index is 0.0359. The van der Waals surface area contributed by atoms with E-state index in [1.54, 1.807) is 0 Å². The number of H-pyrrole nitrogens is 1. The molecule has 1 atom stereocenters. The number of aromatic amines is 1. The minimum atomic E-state index is -1.08. The molecule has 0 spiro atoms. The van der Waals surface area contributed by atoms with Crippen LogP contribution in [0.4, 0.5) is 0 Å². The summed E-state index contributed by atoms with van der Waals surface area (Å²) in [5.41, 5.74) is -0.949. The van der Waals surface area contributed by atoms with Crippen LogP contribution in [0.15, 0.2) is 36.2 Å². The number of nitrogens with zero attached hydrogens (tertiary/aromatic N) is 1. The molecule has 1 unspecified atom stereocenters. The van der Waals surface area contributed by atoms with Gasteiger partial charge in [-0.05, 0) is 19.8 Å². The van der Waals surface area contributed by atoms with Crippen molar-refractivity contribution in [3.8, 4) is 0 Å². The summed E-state index contributed by atoms with van der Waals surface area (Å²) in [4.78, 5) is 28.7. The Balaban J connectivity index is 0.000000260. The molecule has 0 saturated heterocycles. The number of rotatable bonds is 9. The van der Waals surface area contributed by atoms with E-state index in [4.69, 9.17) is 10.2 Å². The lowest BCUT2D eigenvalue weighted by Gasteiger charge is -2.23. The van der Waals surface area contributed by atoms with Crippen molar-refractivity contribution in [2.45, 2.75) is 65.2 Å². The van der Waals surface area contributed by atoms with Gasteiger partial charge in [-0.15, -0.1) is 0 Å². The maximum absolute atomic E-state index is 10.8. The quantitative estimate of drug-likeness (QED) is 0.566. The zero-order valence-corrected chi connectivity index (χ0v) is 15.7. The fourth-order valence-electron chi connectivity index (χ4n) is 2.69. The van der Waals surface area contributed by atoms with E-state index in [0.717, 1.165) is 12.2 Å². The number of imidazole rings is 1. The molecular weight excluding hydrogens is 332 g/mol. The number of allylic oxidation sites excluding steroid dienone is 2. The van der Waals surface area contributed by atoms with E-state index in [0.29, 0.717) is 0 Å². The molecule has 144 valence electrons. The molecule has 0 saturated carbocycles. The molecule has 1 aromatic rings. The first-order valence-electron chi connectivity index (χ1n) is 9.22. The summed E-state index contributed by atoms with van der Waals surface area (Å²) >= 11 is 0. The molecule has 0 aliphatic heterocycles. The van der Waals surface area contributed by atoms with Crippen molar-refractivity contribution in [3.05, 3.63) is 42.0 Å². The first kappa shape index (κ1) is 21.7.